The number of piperidine rings is 1. The van der Waals surface area contributed by atoms with Crippen molar-refractivity contribution >= 4 is 0 Å². The first kappa shape index (κ1) is 15.1. The minimum atomic E-state index is 0.304. The zero-order valence-electron chi connectivity index (χ0n) is 13.7. The van der Waals surface area contributed by atoms with E-state index in [1.807, 2.05) is 17.1 Å². The molecule has 1 fully saturated rings. The van der Waals surface area contributed by atoms with E-state index in [-0.39, 0.29) is 0 Å². The fourth-order valence-corrected chi connectivity index (χ4v) is 3.23. The van der Waals surface area contributed by atoms with Crippen LogP contribution in [0, 0.1) is 5.92 Å². The Morgan fingerprint density at radius 1 is 1.32 bits per heavy atom. The van der Waals surface area contributed by atoms with Crippen molar-refractivity contribution in [3.05, 3.63) is 24.0 Å². The molecule has 0 saturated carbocycles. The molecule has 7 nitrogen and oxygen atoms in total. The number of rotatable bonds is 5. The highest BCUT2D eigenvalue weighted by molar-refractivity contribution is 4.94. The van der Waals surface area contributed by atoms with Crippen LogP contribution in [0.2, 0.25) is 0 Å². The number of imidazole rings is 1. The third-order valence-electron chi connectivity index (χ3n) is 4.41. The number of likely N-dealkylation sites (tertiary alicyclic amines) is 1. The minimum absolute atomic E-state index is 0.304. The van der Waals surface area contributed by atoms with Gasteiger partial charge in [-0.05, 0) is 49.6 Å². The van der Waals surface area contributed by atoms with Crippen molar-refractivity contribution in [2.75, 3.05) is 13.1 Å². The van der Waals surface area contributed by atoms with Crippen molar-refractivity contribution in [3.63, 3.8) is 0 Å². The van der Waals surface area contributed by atoms with E-state index in [2.05, 4.69) is 50.9 Å². The van der Waals surface area contributed by atoms with Gasteiger partial charge in [0, 0.05) is 32.4 Å². The molecular formula is C15H25N7. The lowest BCUT2D eigenvalue weighted by Gasteiger charge is -2.32. The largest absolute Gasteiger partial charge is 0.338 e. The van der Waals surface area contributed by atoms with Gasteiger partial charge < -0.3 is 4.57 Å². The fourth-order valence-electron chi connectivity index (χ4n) is 3.23. The van der Waals surface area contributed by atoms with E-state index in [0.717, 1.165) is 31.9 Å². The second-order valence-corrected chi connectivity index (χ2v) is 6.54. The van der Waals surface area contributed by atoms with Gasteiger partial charge in [0.15, 0.2) is 5.82 Å². The molecule has 0 N–H and O–H groups in total. The van der Waals surface area contributed by atoms with Gasteiger partial charge in [-0.15, -0.1) is 5.10 Å². The summed E-state index contributed by atoms with van der Waals surface area (Å²) in [5.74, 6) is 2.81. The Morgan fingerprint density at radius 2 is 2.18 bits per heavy atom. The Bertz CT molecular complexity index is 601. The van der Waals surface area contributed by atoms with Crippen LogP contribution in [0.25, 0.3) is 0 Å². The van der Waals surface area contributed by atoms with E-state index in [1.54, 1.807) is 0 Å². The number of tetrazole rings is 1. The van der Waals surface area contributed by atoms with E-state index in [9.17, 15) is 0 Å². The van der Waals surface area contributed by atoms with E-state index in [4.69, 9.17) is 0 Å². The van der Waals surface area contributed by atoms with Gasteiger partial charge in [0.1, 0.15) is 5.82 Å². The summed E-state index contributed by atoms with van der Waals surface area (Å²) >= 11 is 0. The molecule has 0 unspecified atom stereocenters. The molecule has 120 valence electrons. The van der Waals surface area contributed by atoms with Crippen LogP contribution in [0.3, 0.4) is 0 Å². The summed E-state index contributed by atoms with van der Waals surface area (Å²) in [5, 5.41) is 12.1. The Morgan fingerprint density at radius 3 is 2.91 bits per heavy atom. The van der Waals surface area contributed by atoms with E-state index in [1.165, 1.54) is 18.7 Å². The summed E-state index contributed by atoms with van der Waals surface area (Å²) in [6.07, 6.45) is 7.46. The molecule has 1 atom stereocenters. The second-order valence-electron chi connectivity index (χ2n) is 6.54. The first-order chi connectivity index (χ1) is 10.6. The van der Waals surface area contributed by atoms with Crippen LogP contribution in [0.5, 0.6) is 0 Å². The van der Waals surface area contributed by atoms with Crippen LogP contribution in [0.1, 0.15) is 44.4 Å². The third kappa shape index (κ3) is 3.35. The lowest BCUT2D eigenvalue weighted by molar-refractivity contribution is 0.158. The lowest BCUT2D eigenvalue weighted by atomic mass is 9.94. The number of aromatic nitrogens is 6. The van der Waals surface area contributed by atoms with Crippen molar-refractivity contribution in [1.29, 1.82) is 0 Å². The van der Waals surface area contributed by atoms with E-state index in [0.29, 0.717) is 12.0 Å². The van der Waals surface area contributed by atoms with E-state index >= 15 is 0 Å². The maximum absolute atomic E-state index is 4.46. The number of hydrogen-bond donors (Lipinski definition) is 0. The third-order valence-corrected chi connectivity index (χ3v) is 4.41. The van der Waals surface area contributed by atoms with Crippen LogP contribution in [-0.2, 0) is 20.0 Å². The van der Waals surface area contributed by atoms with Crippen LogP contribution >= 0.6 is 0 Å². The molecule has 2 aromatic rings. The molecule has 3 rings (SSSR count). The van der Waals surface area contributed by atoms with Gasteiger partial charge in [-0.25, -0.2) is 9.67 Å². The summed E-state index contributed by atoms with van der Waals surface area (Å²) in [7, 11) is 2.07. The molecule has 0 spiro atoms. The summed E-state index contributed by atoms with van der Waals surface area (Å²) in [6.45, 7) is 7.28. The summed E-state index contributed by atoms with van der Waals surface area (Å²) in [6, 6.07) is 0.304. The van der Waals surface area contributed by atoms with Crippen LogP contribution in [0.15, 0.2) is 12.4 Å². The lowest BCUT2D eigenvalue weighted by Crippen LogP contribution is -2.37. The molecule has 0 aliphatic carbocycles. The van der Waals surface area contributed by atoms with Gasteiger partial charge >= 0.3 is 0 Å². The minimum Gasteiger partial charge on any atom is -0.338 e. The molecule has 0 amide bonds. The zero-order chi connectivity index (χ0) is 15.5. The van der Waals surface area contributed by atoms with Crippen molar-refractivity contribution in [2.45, 2.75) is 45.7 Å². The van der Waals surface area contributed by atoms with Crippen molar-refractivity contribution in [1.82, 2.24) is 34.7 Å². The number of nitrogens with zero attached hydrogens (tertiary/aromatic N) is 7. The highest BCUT2D eigenvalue weighted by Crippen LogP contribution is 2.21. The molecule has 22 heavy (non-hydrogen) atoms. The normalized spacial score (nSPS) is 19.9. The first-order valence-electron chi connectivity index (χ1n) is 8.08. The van der Waals surface area contributed by atoms with Crippen molar-refractivity contribution < 1.29 is 0 Å². The molecule has 2 aromatic heterocycles. The fraction of sp³-hybridized carbons (Fsp3) is 0.733. The molecule has 1 aliphatic rings. The number of aryl methyl sites for hydroxylation is 1. The van der Waals surface area contributed by atoms with Crippen molar-refractivity contribution in [2.24, 2.45) is 13.0 Å². The highest BCUT2D eigenvalue weighted by Gasteiger charge is 2.23. The first-order valence-corrected chi connectivity index (χ1v) is 8.08. The summed E-state index contributed by atoms with van der Waals surface area (Å²) in [5.41, 5.74) is 0. The number of hydrogen-bond acceptors (Lipinski definition) is 5. The molecule has 1 aliphatic heterocycles. The molecule has 0 bridgehead atoms. The summed E-state index contributed by atoms with van der Waals surface area (Å²) in [4.78, 5) is 6.93. The smallest absolute Gasteiger partial charge is 0.165 e. The Hall–Kier alpha value is -1.76. The van der Waals surface area contributed by atoms with Crippen LogP contribution in [-0.4, -0.2) is 47.7 Å². The van der Waals surface area contributed by atoms with Gasteiger partial charge in [-0.2, -0.15) is 0 Å². The summed E-state index contributed by atoms with van der Waals surface area (Å²) < 4.78 is 4.04. The Kier molecular flexibility index (Phi) is 4.52. The van der Waals surface area contributed by atoms with Gasteiger partial charge in [-0.3, -0.25) is 4.90 Å². The average Bonchev–Trinajstić information content (AvgIpc) is 3.09. The molecule has 0 radical (unpaired) electrons. The zero-order valence-corrected chi connectivity index (χ0v) is 13.7. The predicted molar refractivity (Wildman–Crippen MR) is 83.1 cm³/mol. The maximum atomic E-state index is 4.46. The molecule has 3 heterocycles. The Labute approximate surface area is 131 Å². The molecule has 1 saturated heterocycles. The maximum Gasteiger partial charge on any atom is 0.165 e. The predicted octanol–water partition coefficient (Wildman–Crippen LogP) is 1.44. The molecular weight excluding hydrogens is 278 g/mol. The van der Waals surface area contributed by atoms with E-state index < -0.39 is 0 Å². The van der Waals surface area contributed by atoms with Gasteiger partial charge in [0.25, 0.3) is 0 Å². The van der Waals surface area contributed by atoms with Crippen LogP contribution in [0.4, 0.5) is 0 Å². The van der Waals surface area contributed by atoms with Crippen molar-refractivity contribution in [3.8, 4) is 0 Å². The monoisotopic (exact) mass is 303 g/mol. The second kappa shape index (κ2) is 6.56. The van der Waals surface area contributed by atoms with Crippen LogP contribution < -0.4 is 0 Å². The van der Waals surface area contributed by atoms with Gasteiger partial charge in [0.05, 0.1) is 12.6 Å². The Balaban J connectivity index is 1.61. The topological polar surface area (TPSA) is 64.7 Å². The molecule has 7 heteroatoms. The SMILES string of the molecule is CC(C)n1nnnc1CN1CCC[C@@H](Cc2nccn2C)C1. The van der Waals surface area contributed by atoms with Gasteiger partial charge in [-0.1, -0.05) is 0 Å². The highest BCUT2D eigenvalue weighted by atomic mass is 15.6. The average molecular weight is 303 g/mol. The standard InChI is InChI=1S/C15H25N7/c1-12(2)22-15(17-18-19-22)11-21-7-4-5-13(10-21)9-14-16-6-8-20(14)3/h6,8,12-13H,4-5,7,9-11H2,1-3H3/t13-/m0/s1. The quantitative estimate of drug-likeness (QED) is 0.836. The molecule has 0 aromatic carbocycles. The van der Waals surface area contributed by atoms with Gasteiger partial charge in [0.2, 0.25) is 0 Å².